The molecular weight excluding hydrogens is 320 g/mol. The number of piperidine rings is 1. The van der Waals surface area contributed by atoms with Gasteiger partial charge in [-0.1, -0.05) is 0 Å². The van der Waals surface area contributed by atoms with Crippen LogP contribution in [0.25, 0.3) is 0 Å². The van der Waals surface area contributed by atoms with Crippen molar-refractivity contribution in [2.24, 2.45) is 5.92 Å². The topological polar surface area (TPSA) is 72.9 Å². The molecule has 130 valence electrons. The maximum atomic E-state index is 14.1. The first-order chi connectivity index (χ1) is 9.80. The molecule has 9 heteroatoms. The SMILES string of the molecule is CC(C)(C)OC(=O)N1CCC(CCOS(C)(=O)=O)C(F)(F)C1. The van der Waals surface area contributed by atoms with Crippen LogP contribution in [0.5, 0.6) is 0 Å². The maximum Gasteiger partial charge on any atom is 0.410 e. The van der Waals surface area contributed by atoms with Crippen molar-refractivity contribution in [3.05, 3.63) is 0 Å². The van der Waals surface area contributed by atoms with Crippen molar-refractivity contribution in [1.29, 1.82) is 0 Å². The summed E-state index contributed by atoms with van der Waals surface area (Å²) in [6.07, 6.45) is 0.0932. The highest BCUT2D eigenvalue weighted by Gasteiger charge is 2.46. The van der Waals surface area contributed by atoms with Crippen molar-refractivity contribution in [3.8, 4) is 0 Å². The van der Waals surface area contributed by atoms with Gasteiger partial charge in [-0.25, -0.2) is 13.6 Å². The fraction of sp³-hybridized carbons (Fsp3) is 0.923. The Morgan fingerprint density at radius 3 is 2.41 bits per heavy atom. The zero-order valence-corrected chi connectivity index (χ0v) is 14.1. The van der Waals surface area contributed by atoms with Crippen molar-refractivity contribution >= 4 is 16.2 Å². The lowest BCUT2D eigenvalue weighted by atomic mass is 9.90. The third-order valence-corrected chi connectivity index (χ3v) is 3.76. The molecule has 0 spiro atoms. The fourth-order valence-electron chi connectivity index (χ4n) is 2.17. The molecule has 0 N–H and O–H groups in total. The van der Waals surface area contributed by atoms with Gasteiger partial charge in [-0.2, -0.15) is 8.42 Å². The fourth-order valence-corrected chi connectivity index (χ4v) is 2.56. The standard InChI is InChI=1S/C13H23F2NO5S/c1-12(2,3)21-11(17)16-7-5-10(13(14,15)9-16)6-8-20-22(4,18)19/h10H,5-9H2,1-4H3. The van der Waals surface area contributed by atoms with E-state index in [0.29, 0.717) is 0 Å². The van der Waals surface area contributed by atoms with E-state index in [-0.39, 0.29) is 26.0 Å². The zero-order chi connectivity index (χ0) is 17.2. The van der Waals surface area contributed by atoms with Gasteiger partial charge in [0.1, 0.15) is 5.60 Å². The number of alkyl halides is 2. The highest BCUT2D eigenvalue weighted by molar-refractivity contribution is 7.85. The minimum atomic E-state index is -3.64. The molecule has 1 aliphatic rings. The van der Waals surface area contributed by atoms with Crippen LogP contribution in [0.15, 0.2) is 0 Å². The molecule has 0 aliphatic carbocycles. The number of rotatable bonds is 4. The predicted octanol–water partition coefficient (Wildman–Crippen LogP) is 2.25. The number of carbonyl (C=O) groups excluding carboxylic acids is 1. The first-order valence-electron chi connectivity index (χ1n) is 7.00. The Kier molecular flexibility index (Phi) is 5.77. The molecule has 6 nitrogen and oxygen atoms in total. The summed E-state index contributed by atoms with van der Waals surface area (Å²) < 4.78 is 59.4. The van der Waals surface area contributed by atoms with Crippen LogP contribution in [0, 0.1) is 5.92 Å². The summed E-state index contributed by atoms with van der Waals surface area (Å²) in [5, 5.41) is 0. The number of nitrogens with zero attached hydrogens (tertiary/aromatic N) is 1. The monoisotopic (exact) mass is 343 g/mol. The number of ether oxygens (including phenoxy) is 1. The second kappa shape index (κ2) is 6.66. The first kappa shape index (κ1) is 19.1. The van der Waals surface area contributed by atoms with E-state index in [1.807, 2.05) is 0 Å². The van der Waals surface area contributed by atoms with Gasteiger partial charge in [-0.05, 0) is 33.6 Å². The van der Waals surface area contributed by atoms with Crippen LogP contribution in [0.3, 0.4) is 0 Å². The Labute approximate surface area is 129 Å². The van der Waals surface area contributed by atoms with E-state index >= 15 is 0 Å². The van der Waals surface area contributed by atoms with Crippen molar-refractivity contribution in [3.63, 3.8) is 0 Å². The number of amides is 1. The van der Waals surface area contributed by atoms with E-state index < -0.39 is 40.2 Å². The van der Waals surface area contributed by atoms with E-state index in [1.165, 1.54) is 0 Å². The Morgan fingerprint density at radius 2 is 1.95 bits per heavy atom. The van der Waals surface area contributed by atoms with Crippen molar-refractivity contribution in [2.45, 2.75) is 45.1 Å². The number of likely N-dealkylation sites (tertiary alicyclic amines) is 1. The molecule has 0 aromatic heterocycles. The molecule has 1 rings (SSSR count). The summed E-state index contributed by atoms with van der Waals surface area (Å²) in [6.45, 7) is 4.12. The van der Waals surface area contributed by atoms with Gasteiger partial charge in [0.15, 0.2) is 0 Å². The van der Waals surface area contributed by atoms with Gasteiger partial charge in [-0.3, -0.25) is 4.18 Å². The van der Waals surface area contributed by atoms with Gasteiger partial charge in [-0.15, -0.1) is 0 Å². The number of carbonyl (C=O) groups is 1. The summed E-state index contributed by atoms with van der Waals surface area (Å²) in [4.78, 5) is 12.8. The molecule has 1 atom stereocenters. The number of halogens is 2. The zero-order valence-electron chi connectivity index (χ0n) is 13.3. The normalized spacial score (nSPS) is 22.5. The summed E-state index contributed by atoms with van der Waals surface area (Å²) in [6, 6.07) is 0. The van der Waals surface area contributed by atoms with E-state index in [4.69, 9.17) is 4.74 Å². The Bertz CT molecular complexity index is 501. The van der Waals surface area contributed by atoms with Gasteiger partial charge in [0.05, 0.1) is 19.4 Å². The second-order valence-electron chi connectivity index (χ2n) is 6.46. The minimum Gasteiger partial charge on any atom is -0.444 e. The lowest BCUT2D eigenvalue weighted by Gasteiger charge is -2.38. The lowest BCUT2D eigenvalue weighted by molar-refractivity contribution is -0.114. The van der Waals surface area contributed by atoms with Gasteiger partial charge in [0, 0.05) is 12.5 Å². The van der Waals surface area contributed by atoms with Crippen LogP contribution in [-0.4, -0.2) is 56.9 Å². The molecule has 1 amide bonds. The summed E-state index contributed by atoms with van der Waals surface area (Å²) in [7, 11) is -3.64. The molecular formula is C13H23F2NO5S. The molecule has 0 radical (unpaired) electrons. The van der Waals surface area contributed by atoms with Crippen LogP contribution < -0.4 is 0 Å². The Morgan fingerprint density at radius 1 is 1.36 bits per heavy atom. The third kappa shape index (κ3) is 6.43. The maximum absolute atomic E-state index is 14.1. The molecule has 1 saturated heterocycles. The first-order valence-corrected chi connectivity index (χ1v) is 8.82. The number of hydrogen-bond acceptors (Lipinski definition) is 5. The van der Waals surface area contributed by atoms with E-state index in [9.17, 15) is 22.0 Å². The van der Waals surface area contributed by atoms with Crippen LogP contribution in [-0.2, 0) is 19.0 Å². The van der Waals surface area contributed by atoms with E-state index in [0.717, 1.165) is 11.2 Å². The third-order valence-electron chi connectivity index (χ3n) is 3.16. The van der Waals surface area contributed by atoms with Gasteiger partial charge < -0.3 is 9.64 Å². The highest BCUT2D eigenvalue weighted by atomic mass is 32.2. The van der Waals surface area contributed by atoms with Crippen molar-refractivity contribution in [2.75, 3.05) is 26.0 Å². The molecule has 1 aliphatic heterocycles. The smallest absolute Gasteiger partial charge is 0.410 e. The van der Waals surface area contributed by atoms with Gasteiger partial charge in [0.2, 0.25) is 0 Å². The Hall–Kier alpha value is -0.960. The molecule has 0 aromatic rings. The highest BCUT2D eigenvalue weighted by Crippen LogP contribution is 2.35. The average Bonchev–Trinajstić information content (AvgIpc) is 2.26. The van der Waals surface area contributed by atoms with Gasteiger partial charge >= 0.3 is 6.09 Å². The summed E-state index contributed by atoms with van der Waals surface area (Å²) in [5.41, 5.74) is -0.744. The largest absolute Gasteiger partial charge is 0.444 e. The van der Waals surface area contributed by atoms with Crippen LogP contribution in [0.1, 0.15) is 33.6 Å². The summed E-state index contributed by atoms with van der Waals surface area (Å²) in [5.74, 6) is -4.12. The van der Waals surface area contributed by atoms with Gasteiger partial charge in [0.25, 0.3) is 16.0 Å². The quantitative estimate of drug-likeness (QED) is 0.732. The molecule has 22 heavy (non-hydrogen) atoms. The second-order valence-corrected chi connectivity index (χ2v) is 8.11. The predicted molar refractivity (Wildman–Crippen MR) is 76.3 cm³/mol. The van der Waals surface area contributed by atoms with Crippen molar-refractivity contribution < 1.29 is 30.9 Å². The van der Waals surface area contributed by atoms with Crippen LogP contribution >= 0.6 is 0 Å². The minimum absolute atomic E-state index is 0.0688. The molecule has 1 fully saturated rings. The molecule has 1 heterocycles. The average molecular weight is 343 g/mol. The van der Waals surface area contributed by atoms with Crippen LogP contribution in [0.4, 0.5) is 13.6 Å². The Balaban J connectivity index is 2.56. The van der Waals surface area contributed by atoms with Crippen molar-refractivity contribution in [1.82, 2.24) is 4.90 Å². The van der Waals surface area contributed by atoms with E-state index in [1.54, 1.807) is 20.8 Å². The number of hydrogen-bond donors (Lipinski definition) is 0. The lowest BCUT2D eigenvalue weighted by Crippen LogP contribution is -2.52. The molecule has 0 bridgehead atoms. The summed E-state index contributed by atoms with van der Waals surface area (Å²) >= 11 is 0. The van der Waals surface area contributed by atoms with E-state index in [2.05, 4.69) is 4.18 Å². The molecule has 0 aromatic carbocycles. The van der Waals surface area contributed by atoms with Crippen LogP contribution in [0.2, 0.25) is 0 Å². The molecule has 1 unspecified atom stereocenters. The molecule has 0 saturated carbocycles.